The molecule has 0 bridgehead atoms. The smallest absolute Gasteiger partial charge is 0.325 e. The number of carbonyl (C=O) groups excluding carboxylic acids is 3. The fourth-order valence-corrected chi connectivity index (χ4v) is 3.67. The predicted octanol–water partition coefficient (Wildman–Crippen LogP) is 4.09. The zero-order chi connectivity index (χ0) is 21.2. The molecule has 2 aromatic carbocycles. The Balaban J connectivity index is 1.66. The molecular weight excluding hydrogens is 364 g/mol. The summed E-state index contributed by atoms with van der Waals surface area (Å²) in [6, 6.07) is 17.5. The molecule has 2 aromatic rings. The van der Waals surface area contributed by atoms with Gasteiger partial charge in [0, 0.05) is 12.3 Å². The van der Waals surface area contributed by atoms with Gasteiger partial charge in [-0.1, -0.05) is 82.3 Å². The first-order chi connectivity index (χ1) is 13.7. The van der Waals surface area contributed by atoms with Crippen LogP contribution in [0.3, 0.4) is 0 Å². The van der Waals surface area contributed by atoms with Gasteiger partial charge in [-0.05, 0) is 28.5 Å². The number of rotatable bonds is 6. The van der Waals surface area contributed by atoms with E-state index < -0.39 is 29.7 Å². The van der Waals surface area contributed by atoms with E-state index in [1.54, 1.807) is 6.92 Å². The van der Waals surface area contributed by atoms with E-state index in [9.17, 15) is 14.4 Å². The molecule has 0 amide bonds. The zero-order valence-electron chi connectivity index (χ0n) is 17.5. The van der Waals surface area contributed by atoms with Crippen molar-refractivity contribution in [1.29, 1.82) is 0 Å². The van der Waals surface area contributed by atoms with Gasteiger partial charge in [0.25, 0.3) is 0 Å². The summed E-state index contributed by atoms with van der Waals surface area (Å²) in [5.41, 5.74) is 3.20. The molecule has 4 nitrogen and oxygen atoms in total. The maximum absolute atomic E-state index is 12.9. The maximum Gasteiger partial charge on any atom is 0.325 e. The van der Waals surface area contributed by atoms with E-state index in [1.165, 1.54) is 5.56 Å². The Hall–Kier alpha value is -2.75. The summed E-state index contributed by atoms with van der Waals surface area (Å²) in [6.45, 7) is 8.22. The molecule has 29 heavy (non-hydrogen) atoms. The number of ketones is 2. The highest BCUT2D eigenvalue weighted by molar-refractivity contribution is 6.22. The molecule has 4 heteroatoms. The van der Waals surface area contributed by atoms with Crippen LogP contribution >= 0.6 is 0 Å². The number of cyclic esters (lactones) is 1. The summed E-state index contributed by atoms with van der Waals surface area (Å²) >= 11 is 0. The lowest BCUT2D eigenvalue weighted by molar-refractivity contribution is -0.147. The zero-order valence-corrected chi connectivity index (χ0v) is 17.5. The second-order valence-corrected chi connectivity index (χ2v) is 8.91. The third-order valence-corrected chi connectivity index (χ3v) is 5.49. The molecule has 3 rings (SSSR count). The number of hydrogen-bond acceptors (Lipinski definition) is 4. The lowest BCUT2D eigenvalue weighted by Crippen LogP contribution is -2.33. The van der Waals surface area contributed by atoms with E-state index in [0.29, 0.717) is 12.8 Å². The van der Waals surface area contributed by atoms with E-state index in [2.05, 4.69) is 32.9 Å². The van der Waals surface area contributed by atoms with Crippen molar-refractivity contribution in [3.63, 3.8) is 0 Å². The molecule has 1 heterocycles. The van der Waals surface area contributed by atoms with E-state index in [0.717, 1.165) is 11.1 Å². The molecular formula is C25H28O4. The summed E-state index contributed by atoms with van der Waals surface area (Å²) in [5.74, 6) is -3.22. The van der Waals surface area contributed by atoms with Crippen molar-refractivity contribution in [2.45, 2.75) is 52.1 Å². The first-order valence-electron chi connectivity index (χ1n) is 10.1. The molecule has 1 saturated heterocycles. The lowest BCUT2D eigenvalue weighted by Gasteiger charge is -2.19. The van der Waals surface area contributed by atoms with Crippen molar-refractivity contribution in [1.82, 2.24) is 0 Å². The highest BCUT2D eigenvalue weighted by atomic mass is 16.6. The van der Waals surface area contributed by atoms with Gasteiger partial charge in [-0.25, -0.2) is 0 Å². The molecule has 0 spiro atoms. The summed E-state index contributed by atoms with van der Waals surface area (Å²) in [7, 11) is 0. The standard InChI is InChI=1S/C25H28O4/c1-16(14-18-10-12-19(13-11-18)25(2,3)4)22(26)21-23(27)20(29-24(21)28)15-17-8-6-5-7-9-17/h5-13,16,20-21H,14-15H2,1-4H3/t16-,20-,21?/m1/s1. The number of ether oxygens (including phenoxy) is 1. The molecule has 0 aromatic heterocycles. The largest absolute Gasteiger partial charge is 0.453 e. The molecule has 1 aliphatic rings. The number of hydrogen-bond donors (Lipinski definition) is 0. The van der Waals surface area contributed by atoms with Crippen molar-refractivity contribution >= 4 is 17.5 Å². The minimum Gasteiger partial charge on any atom is -0.453 e. The normalized spacial score (nSPS) is 20.4. The van der Waals surface area contributed by atoms with Crippen LogP contribution in [0.25, 0.3) is 0 Å². The van der Waals surface area contributed by atoms with Gasteiger partial charge in [-0.15, -0.1) is 0 Å². The van der Waals surface area contributed by atoms with Gasteiger partial charge in [-0.2, -0.15) is 0 Å². The second-order valence-electron chi connectivity index (χ2n) is 8.91. The SMILES string of the molecule is C[C@H](Cc1ccc(C(C)(C)C)cc1)C(=O)C1C(=O)O[C@H](Cc2ccccc2)C1=O. The average Bonchev–Trinajstić information content (AvgIpc) is 2.95. The van der Waals surface area contributed by atoms with Gasteiger partial charge < -0.3 is 4.74 Å². The third kappa shape index (κ3) is 4.81. The molecule has 152 valence electrons. The Labute approximate surface area is 172 Å². The minimum absolute atomic E-state index is 0.0632. The molecule has 0 N–H and O–H groups in total. The summed E-state index contributed by atoms with van der Waals surface area (Å²) in [4.78, 5) is 37.9. The Bertz CT molecular complexity index is 891. The Morgan fingerprint density at radius 1 is 0.966 bits per heavy atom. The van der Waals surface area contributed by atoms with Crippen LogP contribution in [-0.2, 0) is 37.4 Å². The molecule has 1 fully saturated rings. The van der Waals surface area contributed by atoms with Crippen LogP contribution in [0.5, 0.6) is 0 Å². The quantitative estimate of drug-likeness (QED) is 0.549. The monoisotopic (exact) mass is 392 g/mol. The van der Waals surface area contributed by atoms with Gasteiger partial charge >= 0.3 is 5.97 Å². The summed E-state index contributed by atoms with van der Waals surface area (Å²) in [5, 5.41) is 0. The molecule has 1 unspecified atom stereocenters. The maximum atomic E-state index is 12.9. The van der Waals surface area contributed by atoms with Crippen molar-refractivity contribution in [3.05, 3.63) is 71.3 Å². The second kappa shape index (κ2) is 8.32. The van der Waals surface area contributed by atoms with E-state index in [1.807, 2.05) is 42.5 Å². The van der Waals surface area contributed by atoms with Crippen LogP contribution in [0.15, 0.2) is 54.6 Å². The predicted molar refractivity (Wildman–Crippen MR) is 112 cm³/mol. The molecule has 0 radical (unpaired) electrons. The number of carbonyl (C=O) groups is 3. The van der Waals surface area contributed by atoms with Crippen LogP contribution in [0.4, 0.5) is 0 Å². The van der Waals surface area contributed by atoms with Crippen molar-refractivity contribution in [2.75, 3.05) is 0 Å². The van der Waals surface area contributed by atoms with Crippen LogP contribution in [-0.4, -0.2) is 23.6 Å². The fourth-order valence-electron chi connectivity index (χ4n) is 3.67. The van der Waals surface area contributed by atoms with Gasteiger partial charge in [0.1, 0.15) is 0 Å². The van der Waals surface area contributed by atoms with Gasteiger partial charge in [0.15, 0.2) is 23.6 Å². The summed E-state index contributed by atoms with van der Waals surface area (Å²) < 4.78 is 5.26. The van der Waals surface area contributed by atoms with Crippen molar-refractivity contribution in [2.24, 2.45) is 11.8 Å². The van der Waals surface area contributed by atoms with E-state index >= 15 is 0 Å². The van der Waals surface area contributed by atoms with Crippen molar-refractivity contribution < 1.29 is 19.1 Å². The fraction of sp³-hybridized carbons (Fsp3) is 0.400. The third-order valence-electron chi connectivity index (χ3n) is 5.49. The Kier molecular flexibility index (Phi) is 6.02. The minimum atomic E-state index is -1.30. The van der Waals surface area contributed by atoms with Gasteiger partial charge in [-0.3, -0.25) is 14.4 Å². The average molecular weight is 392 g/mol. The summed E-state index contributed by atoms with van der Waals surface area (Å²) in [6.07, 6.45) is -0.0845. The van der Waals surface area contributed by atoms with Crippen molar-refractivity contribution in [3.8, 4) is 0 Å². The molecule has 1 aliphatic heterocycles. The van der Waals surface area contributed by atoms with Gasteiger partial charge in [0.05, 0.1) is 0 Å². The van der Waals surface area contributed by atoms with Gasteiger partial charge in [0.2, 0.25) is 0 Å². The Morgan fingerprint density at radius 3 is 2.17 bits per heavy atom. The van der Waals surface area contributed by atoms with Crippen LogP contribution < -0.4 is 0 Å². The first-order valence-corrected chi connectivity index (χ1v) is 10.1. The molecule has 3 atom stereocenters. The topological polar surface area (TPSA) is 60.4 Å². The molecule has 0 aliphatic carbocycles. The van der Waals surface area contributed by atoms with Crippen LogP contribution in [0, 0.1) is 11.8 Å². The van der Waals surface area contributed by atoms with Crippen LogP contribution in [0.1, 0.15) is 44.4 Å². The Morgan fingerprint density at radius 2 is 1.59 bits per heavy atom. The highest BCUT2D eigenvalue weighted by Crippen LogP contribution is 2.26. The van der Waals surface area contributed by atoms with E-state index in [4.69, 9.17) is 4.74 Å². The number of benzene rings is 2. The highest BCUT2D eigenvalue weighted by Gasteiger charge is 2.48. The van der Waals surface area contributed by atoms with Crippen LogP contribution in [0.2, 0.25) is 0 Å². The lowest BCUT2D eigenvalue weighted by atomic mass is 9.84. The van der Waals surface area contributed by atoms with E-state index in [-0.39, 0.29) is 11.2 Å². The first kappa shape index (κ1) is 21.0. The molecule has 0 saturated carbocycles. The number of Topliss-reactive ketones (excluding diaryl/α,β-unsaturated/α-hetero) is 2. The number of esters is 1.